The van der Waals surface area contributed by atoms with Crippen molar-refractivity contribution >= 4 is 11.1 Å². The normalized spacial score (nSPS) is 14.8. The molecule has 5 nitrogen and oxygen atoms in total. The highest BCUT2D eigenvalue weighted by Crippen LogP contribution is 2.32. The zero-order valence-electron chi connectivity index (χ0n) is 15.0. The van der Waals surface area contributed by atoms with Crippen LogP contribution in [0.2, 0.25) is 0 Å². The second kappa shape index (κ2) is 7.77. The quantitative estimate of drug-likeness (QED) is 0.640. The Bertz CT molecular complexity index is 1070. The number of rotatable bonds is 6. The molecule has 2 aromatic carbocycles. The van der Waals surface area contributed by atoms with Gasteiger partial charge in [-0.3, -0.25) is 4.79 Å². The molecule has 144 valence electrons. The van der Waals surface area contributed by atoms with Crippen molar-refractivity contribution in [3.05, 3.63) is 76.5 Å². The molecule has 1 aliphatic carbocycles. The Balaban J connectivity index is 1.81. The maximum absolute atomic E-state index is 13.4. The van der Waals surface area contributed by atoms with Crippen LogP contribution < -0.4 is 5.56 Å². The van der Waals surface area contributed by atoms with E-state index < -0.39 is 11.1 Å². The fraction of sp³-hybridized carbons (Fsp3) is 0.238. The summed E-state index contributed by atoms with van der Waals surface area (Å²) in [6.45, 7) is 0.592. The molecule has 1 fully saturated rings. The molecule has 0 aliphatic heterocycles. The number of hydrogen-bond acceptors (Lipinski definition) is 3. The molecule has 0 radical (unpaired) electrons. The smallest absolute Gasteiger partial charge is 0.275 e. The third-order valence-corrected chi connectivity index (χ3v) is 5.44. The molecular formula is C21H19FN2O3S. The summed E-state index contributed by atoms with van der Waals surface area (Å²) in [7, 11) is 0. The molecule has 7 heteroatoms. The Morgan fingerprint density at radius 1 is 1.07 bits per heavy atom. The first-order chi connectivity index (χ1) is 13.5. The summed E-state index contributed by atoms with van der Waals surface area (Å²) in [6.07, 6.45) is 3.88. The zero-order chi connectivity index (χ0) is 19.7. The van der Waals surface area contributed by atoms with Crippen molar-refractivity contribution in [3.63, 3.8) is 0 Å². The Kier molecular flexibility index (Phi) is 5.19. The van der Waals surface area contributed by atoms with Gasteiger partial charge in [0.25, 0.3) is 5.56 Å². The van der Waals surface area contributed by atoms with Crippen LogP contribution in [-0.4, -0.2) is 18.5 Å². The van der Waals surface area contributed by atoms with Gasteiger partial charge in [-0.15, -0.1) is 0 Å². The maximum Gasteiger partial charge on any atom is 0.275 e. The predicted molar refractivity (Wildman–Crippen MR) is 107 cm³/mol. The highest BCUT2D eigenvalue weighted by atomic mass is 32.2. The standard InChI is InChI=1S/C21H19FN2O3S/c22-18-9-7-17(8-10-18)20-19(11-23-24(21(20)25)12-14-1-2-14)16-5-3-15(4-6-16)13-28(26)27/h3-11,14H,1-2,12-13H2,(H,26,27). The zero-order valence-corrected chi connectivity index (χ0v) is 15.9. The molecule has 3 aromatic rings. The molecule has 1 atom stereocenters. The van der Waals surface area contributed by atoms with Crippen LogP contribution in [0.15, 0.2) is 59.5 Å². The Hall–Kier alpha value is -2.64. The van der Waals surface area contributed by atoms with Crippen LogP contribution in [0.1, 0.15) is 18.4 Å². The van der Waals surface area contributed by atoms with Gasteiger partial charge in [-0.2, -0.15) is 5.10 Å². The van der Waals surface area contributed by atoms with Crippen LogP contribution >= 0.6 is 0 Å². The highest BCUT2D eigenvalue weighted by Gasteiger charge is 2.24. The Morgan fingerprint density at radius 2 is 1.71 bits per heavy atom. The number of benzene rings is 2. The van der Waals surface area contributed by atoms with E-state index in [0.29, 0.717) is 29.2 Å². The topological polar surface area (TPSA) is 72.2 Å². The van der Waals surface area contributed by atoms with Gasteiger partial charge in [-0.1, -0.05) is 36.4 Å². The van der Waals surface area contributed by atoms with E-state index in [1.54, 1.807) is 42.6 Å². The van der Waals surface area contributed by atoms with Gasteiger partial charge < -0.3 is 4.55 Å². The van der Waals surface area contributed by atoms with Crippen LogP contribution in [0.25, 0.3) is 22.3 Å². The van der Waals surface area contributed by atoms with E-state index in [1.165, 1.54) is 16.8 Å². The lowest BCUT2D eigenvalue weighted by molar-refractivity contribution is 0.535. The van der Waals surface area contributed by atoms with Crippen LogP contribution in [0, 0.1) is 11.7 Å². The summed E-state index contributed by atoms with van der Waals surface area (Å²) in [5, 5.41) is 4.35. The Morgan fingerprint density at radius 3 is 2.32 bits per heavy atom. The maximum atomic E-state index is 13.4. The van der Waals surface area contributed by atoms with E-state index in [-0.39, 0.29) is 17.1 Å². The lowest BCUT2D eigenvalue weighted by atomic mass is 9.96. The average Bonchev–Trinajstić information content (AvgIpc) is 3.49. The van der Waals surface area contributed by atoms with Gasteiger partial charge in [0.2, 0.25) is 0 Å². The van der Waals surface area contributed by atoms with Crippen LogP contribution in [0.3, 0.4) is 0 Å². The minimum atomic E-state index is -1.91. The van der Waals surface area contributed by atoms with Gasteiger partial charge in [0.1, 0.15) is 5.82 Å². The number of hydrogen-bond donors (Lipinski definition) is 1. The second-order valence-electron chi connectivity index (χ2n) is 7.03. The van der Waals surface area contributed by atoms with E-state index in [9.17, 15) is 13.4 Å². The minimum Gasteiger partial charge on any atom is -0.306 e. The first kappa shape index (κ1) is 18.7. The van der Waals surface area contributed by atoms with E-state index in [2.05, 4.69) is 5.10 Å². The first-order valence-corrected chi connectivity index (χ1v) is 10.3. The minimum absolute atomic E-state index is 0.0479. The largest absolute Gasteiger partial charge is 0.306 e. The van der Waals surface area contributed by atoms with Gasteiger partial charge in [-0.05, 0) is 47.6 Å². The van der Waals surface area contributed by atoms with E-state index >= 15 is 0 Å². The molecule has 1 aromatic heterocycles. The van der Waals surface area contributed by atoms with Crippen LogP contribution in [0.4, 0.5) is 4.39 Å². The van der Waals surface area contributed by atoms with E-state index in [4.69, 9.17) is 4.55 Å². The number of aromatic nitrogens is 2. The summed E-state index contributed by atoms with van der Waals surface area (Å²) < 4.78 is 34.9. The number of halogens is 1. The predicted octanol–water partition coefficient (Wildman–Crippen LogP) is 3.85. The van der Waals surface area contributed by atoms with Gasteiger partial charge in [0.15, 0.2) is 11.1 Å². The molecule has 0 bridgehead atoms. The van der Waals surface area contributed by atoms with Gasteiger partial charge in [0.05, 0.1) is 17.5 Å². The summed E-state index contributed by atoms with van der Waals surface area (Å²) in [5.41, 5.74) is 3.07. The SMILES string of the molecule is O=c1c(-c2ccc(F)cc2)c(-c2ccc(CS(=O)O)cc2)cnn1CC1CC1. The third-order valence-electron chi connectivity index (χ3n) is 4.86. The van der Waals surface area contributed by atoms with Crippen molar-refractivity contribution < 1.29 is 13.2 Å². The number of nitrogens with zero attached hydrogens (tertiary/aromatic N) is 2. The van der Waals surface area contributed by atoms with Crippen molar-refractivity contribution in [1.29, 1.82) is 0 Å². The Labute approximate surface area is 164 Å². The molecule has 4 rings (SSSR count). The second-order valence-corrected chi connectivity index (χ2v) is 7.97. The lowest BCUT2D eigenvalue weighted by Crippen LogP contribution is -2.25. The van der Waals surface area contributed by atoms with Gasteiger partial charge >= 0.3 is 0 Å². The molecular weight excluding hydrogens is 379 g/mol. The van der Waals surface area contributed by atoms with Crippen molar-refractivity contribution in [2.24, 2.45) is 5.92 Å². The summed E-state index contributed by atoms with van der Waals surface area (Å²) in [6, 6.07) is 13.0. The molecule has 0 spiro atoms. The fourth-order valence-corrected chi connectivity index (χ4v) is 3.68. The highest BCUT2D eigenvalue weighted by molar-refractivity contribution is 7.78. The molecule has 1 saturated carbocycles. The molecule has 28 heavy (non-hydrogen) atoms. The monoisotopic (exact) mass is 398 g/mol. The molecule has 1 N–H and O–H groups in total. The van der Waals surface area contributed by atoms with Crippen LogP contribution in [-0.2, 0) is 23.4 Å². The van der Waals surface area contributed by atoms with Gasteiger partial charge in [0, 0.05) is 12.1 Å². The molecule has 1 heterocycles. The van der Waals surface area contributed by atoms with Crippen molar-refractivity contribution in [3.8, 4) is 22.3 Å². The summed E-state index contributed by atoms with van der Waals surface area (Å²) in [4.78, 5) is 13.2. The first-order valence-electron chi connectivity index (χ1n) is 9.04. The van der Waals surface area contributed by atoms with E-state index in [1.807, 2.05) is 0 Å². The van der Waals surface area contributed by atoms with Crippen molar-refractivity contribution in [1.82, 2.24) is 9.78 Å². The molecule has 0 amide bonds. The molecule has 1 aliphatic rings. The summed E-state index contributed by atoms with van der Waals surface area (Å²) in [5.74, 6) is 0.182. The lowest BCUT2D eigenvalue weighted by Gasteiger charge is -2.13. The third kappa shape index (κ3) is 4.10. The molecule has 0 saturated heterocycles. The van der Waals surface area contributed by atoms with Gasteiger partial charge in [-0.25, -0.2) is 13.3 Å². The van der Waals surface area contributed by atoms with Crippen molar-refractivity contribution in [2.75, 3.05) is 0 Å². The fourth-order valence-electron chi connectivity index (χ4n) is 3.20. The molecule has 1 unspecified atom stereocenters. The van der Waals surface area contributed by atoms with E-state index in [0.717, 1.165) is 24.0 Å². The summed E-state index contributed by atoms with van der Waals surface area (Å²) >= 11 is -1.91. The van der Waals surface area contributed by atoms with Crippen molar-refractivity contribution in [2.45, 2.75) is 25.1 Å². The van der Waals surface area contributed by atoms with Crippen LogP contribution in [0.5, 0.6) is 0 Å². The average molecular weight is 398 g/mol.